The number of halogens is 2. The van der Waals surface area contributed by atoms with Gasteiger partial charge in [0, 0.05) is 25.4 Å². The molecule has 0 spiro atoms. The van der Waals surface area contributed by atoms with Gasteiger partial charge in [-0.15, -0.1) is 0 Å². The molecule has 3 rings (SSSR count). The van der Waals surface area contributed by atoms with Crippen LogP contribution in [0.4, 0.5) is 8.78 Å². The molecule has 7 nitrogen and oxygen atoms in total. The molecule has 0 amide bonds. The molecule has 2 aliphatic rings. The number of ether oxygens (including phenoxy) is 1. The number of aliphatic carboxylic acids is 1. The van der Waals surface area contributed by atoms with Crippen molar-refractivity contribution in [2.45, 2.75) is 94.5 Å². The van der Waals surface area contributed by atoms with Gasteiger partial charge in [-0.3, -0.25) is 4.79 Å². The monoisotopic (exact) mass is 516 g/mol. The highest BCUT2D eigenvalue weighted by Gasteiger charge is 2.50. The van der Waals surface area contributed by atoms with Crippen molar-refractivity contribution in [1.82, 2.24) is 9.62 Å². The summed E-state index contributed by atoms with van der Waals surface area (Å²) < 4.78 is 60.5. The SMILES string of the molecule is Cc1ccc(S(=O)(=O)N2CCC[C@@]2(C)C(=O)O)c(OCC[C@@H](C)CCNC2CCC(F)(F)CC2)c1. The number of benzene rings is 1. The Labute approximate surface area is 207 Å². The van der Waals surface area contributed by atoms with E-state index in [-0.39, 0.29) is 42.5 Å². The lowest BCUT2D eigenvalue weighted by atomic mass is 9.92. The van der Waals surface area contributed by atoms with Crippen LogP contribution in [0.2, 0.25) is 0 Å². The minimum atomic E-state index is -4.06. The molecule has 2 N–H and O–H groups in total. The lowest BCUT2D eigenvalue weighted by molar-refractivity contribution is -0.146. The number of nitrogens with one attached hydrogen (secondary N) is 1. The highest BCUT2D eigenvalue weighted by atomic mass is 32.2. The van der Waals surface area contributed by atoms with Crippen LogP contribution in [0.3, 0.4) is 0 Å². The summed E-state index contributed by atoms with van der Waals surface area (Å²) in [5.41, 5.74) is -0.631. The number of carbonyl (C=O) groups is 1. The standard InChI is InChI=1S/C25H38F2N2O5S/c1-18(9-14-28-20-7-12-25(26,27)13-8-20)10-16-34-21-17-19(2)5-6-22(21)35(32,33)29-15-4-11-24(29,3)23(30)31/h5-6,17-18,20,28H,4,7-16H2,1-3H3,(H,30,31)/t18-,24-/m0/s1. The van der Waals surface area contributed by atoms with E-state index in [0.717, 1.165) is 22.8 Å². The van der Waals surface area contributed by atoms with Crippen LogP contribution in [0.15, 0.2) is 23.1 Å². The molecule has 1 aliphatic carbocycles. The van der Waals surface area contributed by atoms with E-state index in [1.54, 1.807) is 12.1 Å². The van der Waals surface area contributed by atoms with Crippen LogP contribution < -0.4 is 10.1 Å². The van der Waals surface area contributed by atoms with Crippen LogP contribution >= 0.6 is 0 Å². The second-order valence-electron chi connectivity index (χ2n) is 10.3. The predicted molar refractivity (Wildman–Crippen MR) is 129 cm³/mol. The van der Waals surface area contributed by atoms with Gasteiger partial charge in [0.1, 0.15) is 16.2 Å². The van der Waals surface area contributed by atoms with Gasteiger partial charge >= 0.3 is 5.97 Å². The van der Waals surface area contributed by atoms with Gasteiger partial charge < -0.3 is 15.2 Å². The zero-order valence-electron chi connectivity index (χ0n) is 20.9. The third-order valence-corrected chi connectivity index (χ3v) is 9.42. The molecule has 2 fully saturated rings. The van der Waals surface area contributed by atoms with Crippen molar-refractivity contribution in [2.75, 3.05) is 19.7 Å². The molecule has 0 aromatic heterocycles. The number of alkyl halides is 2. The van der Waals surface area contributed by atoms with Crippen LogP contribution in [0.5, 0.6) is 5.75 Å². The first kappa shape index (κ1) is 27.8. The highest BCUT2D eigenvalue weighted by Crippen LogP contribution is 2.38. The molecule has 0 bridgehead atoms. The number of carboxylic acid groups (broad SMARTS) is 1. The number of sulfonamides is 1. The molecular weight excluding hydrogens is 478 g/mol. The summed E-state index contributed by atoms with van der Waals surface area (Å²) >= 11 is 0. The summed E-state index contributed by atoms with van der Waals surface area (Å²) in [6.07, 6.45) is 3.18. The maximum atomic E-state index is 13.4. The Morgan fingerprint density at radius 2 is 1.94 bits per heavy atom. The third kappa shape index (κ3) is 6.71. The normalized spacial score (nSPS) is 24.4. The average Bonchev–Trinajstić information content (AvgIpc) is 3.19. The maximum absolute atomic E-state index is 13.4. The zero-order chi connectivity index (χ0) is 25.9. The Hall–Kier alpha value is -1.78. The zero-order valence-corrected chi connectivity index (χ0v) is 21.7. The van der Waals surface area contributed by atoms with Gasteiger partial charge in [-0.05, 0) is 82.5 Å². The first-order valence-corrected chi connectivity index (χ1v) is 13.9. The van der Waals surface area contributed by atoms with Crippen LogP contribution in [-0.2, 0) is 14.8 Å². The van der Waals surface area contributed by atoms with Crippen LogP contribution in [0, 0.1) is 12.8 Å². The fourth-order valence-corrected chi connectivity index (χ4v) is 6.81. The topological polar surface area (TPSA) is 95.9 Å². The number of rotatable bonds is 11. The lowest BCUT2D eigenvalue weighted by Crippen LogP contribution is -2.50. The fraction of sp³-hybridized carbons (Fsp3) is 0.720. The van der Waals surface area contributed by atoms with Crippen LogP contribution in [-0.4, -0.2) is 61.0 Å². The van der Waals surface area contributed by atoms with Crippen LogP contribution in [0.25, 0.3) is 0 Å². The number of aryl methyl sites for hydroxylation is 1. The van der Waals surface area contributed by atoms with E-state index in [4.69, 9.17) is 4.74 Å². The molecule has 1 aromatic carbocycles. The van der Waals surface area contributed by atoms with Crippen molar-refractivity contribution >= 4 is 16.0 Å². The molecule has 1 heterocycles. The van der Waals surface area contributed by atoms with Crippen molar-refractivity contribution in [3.05, 3.63) is 23.8 Å². The third-order valence-electron chi connectivity index (χ3n) is 7.36. The van der Waals surface area contributed by atoms with Gasteiger partial charge in [-0.25, -0.2) is 17.2 Å². The van der Waals surface area contributed by atoms with Gasteiger partial charge in [0.15, 0.2) is 0 Å². The van der Waals surface area contributed by atoms with E-state index in [2.05, 4.69) is 12.2 Å². The first-order chi connectivity index (χ1) is 16.3. The Kier molecular flexibility index (Phi) is 8.81. The molecule has 1 aliphatic heterocycles. The predicted octanol–water partition coefficient (Wildman–Crippen LogP) is 4.59. The molecule has 198 valence electrons. The van der Waals surface area contributed by atoms with Gasteiger partial charge in [-0.2, -0.15) is 4.31 Å². The Morgan fingerprint density at radius 3 is 2.60 bits per heavy atom. The average molecular weight is 517 g/mol. The van der Waals surface area contributed by atoms with Gasteiger partial charge in [0.05, 0.1) is 6.61 Å². The van der Waals surface area contributed by atoms with Crippen molar-refractivity contribution in [2.24, 2.45) is 5.92 Å². The minimum absolute atomic E-state index is 0.0131. The molecule has 0 unspecified atom stereocenters. The Bertz CT molecular complexity index is 994. The van der Waals surface area contributed by atoms with Gasteiger partial charge in [0.2, 0.25) is 15.9 Å². The quantitative estimate of drug-likeness (QED) is 0.447. The van der Waals surface area contributed by atoms with E-state index in [9.17, 15) is 27.1 Å². The maximum Gasteiger partial charge on any atom is 0.324 e. The fourth-order valence-electron chi connectivity index (χ4n) is 4.89. The summed E-state index contributed by atoms with van der Waals surface area (Å²) in [4.78, 5) is 11.8. The van der Waals surface area contributed by atoms with E-state index < -0.39 is 27.5 Å². The van der Waals surface area contributed by atoms with Crippen molar-refractivity contribution in [3.8, 4) is 5.75 Å². The largest absolute Gasteiger partial charge is 0.492 e. The van der Waals surface area contributed by atoms with Crippen molar-refractivity contribution < 1.29 is 31.8 Å². The number of nitrogens with zero attached hydrogens (tertiary/aromatic N) is 1. The van der Waals surface area contributed by atoms with E-state index >= 15 is 0 Å². The summed E-state index contributed by atoms with van der Waals surface area (Å²) in [6.45, 7) is 6.58. The number of carboxylic acids is 1. The van der Waals surface area contributed by atoms with Crippen molar-refractivity contribution in [3.63, 3.8) is 0 Å². The molecule has 1 saturated carbocycles. The number of hydrogen-bond acceptors (Lipinski definition) is 5. The summed E-state index contributed by atoms with van der Waals surface area (Å²) in [5.74, 6) is -3.15. The molecule has 10 heteroatoms. The lowest BCUT2D eigenvalue weighted by Gasteiger charge is -2.30. The first-order valence-electron chi connectivity index (χ1n) is 12.5. The second-order valence-corrected chi connectivity index (χ2v) is 12.2. The molecule has 1 aromatic rings. The molecule has 35 heavy (non-hydrogen) atoms. The Morgan fingerprint density at radius 1 is 1.26 bits per heavy atom. The summed E-state index contributed by atoms with van der Waals surface area (Å²) in [6, 6.07) is 4.98. The highest BCUT2D eigenvalue weighted by molar-refractivity contribution is 7.89. The van der Waals surface area contributed by atoms with Gasteiger partial charge in [-0.1, -0.05) is 13.0 Å². The van der Waals surface area contributed by atoms with Crippen molar-refractivity contribution in [1.29, 1.82) is 0 Å². The summed E-state index contributed by atoms with van der Waals surface area (Å²) in [7, 11) is -4.06. The van der Waals surface area contributed by atoms with Gasteiger partial charge in [0.25, 0.3) is 0 Å². The summed E-state index contributed by atoms with van der Waals surface area (Å²) in [5, 5.41) is 13.0. The van der Waals surface area contributed by atoms with E-state index in [1.165, 1.54) is 13.0 Å². The molecule has 0 radical (unpaired) electrons. The smallest absolute Gasteiger partial charge is 0.324 e. The van der Waals surface area contributed by atoms with E-state index in [1.807, 2.05) is 6.92 Å². The number of hydrogen-bond donors (Lipinski definition) is 2. The Balaban J connectivity index is 1.55. The van der Waals surface area contributed by atoms with Crippen LogP contribution in [0.1, 0.15) is 70.8 Å². The molecule has 1 saturated heterocycles. The minimum Gasteiger partial charge on any atom is -0.492 e. The van der Waals surface area contributed by atoms with E-state index in [0.29, 0.717) is 38.2 Å². The second kappa shape index (κ2) is 11.1. The molecular formula is C25H38F2N2O5S. The molecule has 2 atom stereocenters.